The van der Waals surface area contributed by atoms with Crippen molar-refractivity contribution in [2.45, 2.75) is 70.6 Å². The van der Waals surface area contributed by atoms with Gasteiger partial charge in [-0.3, -0.25) is 0 Å². The van der Waals surface area contributed by atoms with Crippen LogP contribution in [0.15, 0.2) is 24.3 Å². The van der Waals surface area contributed by atoms with Gasteiger partial charge in [0.25, 0.3) is 0 Å². The summed E-state index contributed by atoms with van der Waals surface area (Å²) >= 11 is 6.05. The van der Waals surface area contributed by atoms with Gasteiger partial charge in [-0.15, -0.1) is 0 Å². The van der Waals surface area contributed by atoms with Crippen LogP contribution in [0.25, 0.3) is 0 Å². The second-order valence-corrected chi connectivity index (χ2v) is 7.70. The molecule has 2 rings (SSSR count). The zero-order valence-corrected chi connectivity index (χ0v) is 14.3. The van der Waals surface area contributed by atoms with Gasteiger partial charge in [0.1, 0.15) is 0 Å². The molecule has 2 nitrogen and oxygen atoms in total. The van der Waals surface area contributed by atoms with E-state index in [-0.39, 0.29) is 11.1 Å². The largest absolute Gasteiger partial charge is 0.369 e. The Kier molecular flexibility index (Phi) is 5.70. The van der Waals surface area contributed by atoms with Gasteiger partial charge < -0.3 is 10.1 Å². The van der Waals surface area contributed by atoms with Crippen LogP contribution in [0.5, 0.6) is 0 Å². The van der Waals surface area contributed by atoms with E-state index in [4.69, 9.17) is 16.3 Å². The highest BCUT2D eigenvalue weighted by molar-refractivity contribution is 6.30. The third kappa shape index (κ3) is 5.61. The molecule has 1 aliphatic carbocycles. The lowest BCUT2D eigenvalue weighted by atomic mass is 9.84. The molecule has 1 N–H and O–H groups in total. The fourth-order valence-electron chi connectivity index (χ4n) is 2.86. The van der Waals surface area contributed by atoms with E-state index in [0.29, 0.717) is 6.61 Å². The summed E-state index contributed by atoms with van der Waals surface area (Å²) in [6.45, 7) is 8.20. The van der Waals surface area contributed by atoms with Crippen LogP contribution in [0, 0.1) is 0 Å². The molecule has 1 aromatic rings. The van der Waals surface area contributed by atoms with Crippen LogP contribution in [-0.4, -0.2) is 17.7 Å². The first-order chi connectivity index (χ1) is 9.89. The molecule has 0 unspecified atom stereocenters. The van der Waals surface area contributed by atoms with E-state index >= 15 is 0 Å². The molecular weight excluding hydrogens is 282 g/mol. The molecule has 0 saturated heterocycles. The highest BCUT2D eigenvalue weighted by Crippen LogP contribution is 2.32. The first kappa shape index (κ1) is 16.8. The second kappa shape index (κ2) is 7.13. The summed E-state index contributed by atoms with van der Waals surface area (Å²) in [6.07, 6.45) is 6.16. The van der Waals surface area contributed by atoms with Gasteiger partial charge in [0, 0.05) is 17.1 Å². The molecule has 0 heterocycles. The highest BCUT2D eigenvalue weighted by atomic mass is 35.5. The van der Waals surface area contributed by atoms with Gasteiger partial charge in [-0.2, -0.15) is 0 Å². The number of rotatable bonds is 5. The first-order valence-corrected chi connectivity index (χ1v) is 8.40. The van der Waals surface area contributed by atoms with Gasteiger partial charge in [-0.25, -0.2) is 0 Å². The van der Waals surface area contributed by atoms with E-state index in [0.717, 1.165) is 30.0 Å². The van der Waals surface area contributed by atoms with Crippen LogP contribution in [0.4, 0.5) is 0 Å². The maximum absolute atomic E-state index is 6.39. The van der Waals surface area contributed by atoms with Crippen LogP contribution in [0.1, 0.15) is 58.4 Å². The third-order valence-electron chi connectivity index (χ3n) is 4.14. The second-order valence-electron chi connectivity index (χ2n) is 7.27. The summed E-state index contributed by atoms with van der Waals surface area (Å²) in [5.74, 6) is 0. The molecule has 0 spiro atoms. The molecule has 1 fully saturated rings. The molecule has 0 aliphatic heterocycles. The van der Waals surface area contributed by atoms with Crippen LogP contribution in [0.3, 0.4) is 0 Å². The normalized spacial score (nSPS) is 18.7. The quantitative estimate of drug-likeness (QED) is 0.831. The molecule has 21 heavy (non-hydrogen) atoms. The molecule has 118 valence electrons. The topological polar surface area (TPSA) is 21.3 Å². The fraction of sp³-hybridized carbons (Fsp3) is 0.667. The van der Waals surface area contributed by atoms with E-state index in [2.05, 4.69) is 32.2 Å². The Morgan fingerprint density at radius 2 is 1.90 bits per heavy atom. The summed E-state index contributed by atoms with van der Waals surface area (Å²) < 4.78 is 6.39. The number of hydrogen-bond acceptors (Lipinski definition) is 2. The van der Waals surface area contributed by atoms with Crippen LogP contribution in [0.2, 0.25) is 5.02 Å². The Morgan fingerprint density at radius 1 is 1.19 bits per heavy atom. The Bertz CT molecular complexity index is 447. The van der Waals surface area contributed by atoms with Gasteiger partial charge >= 0.3 is 0 Å². The summed E-state index contributed by atoms with van der Waals surface area (Å²) in [4.78, 5) is 0. The smallest absolute Gasteiger partial charge is 0.0811 e. The van der Waals surface area contributed by atoms with E-state index in [9.17, 15) is 0 Å². The molecule has 0 amide bonds. The highest BCUT2D eigenvalue weighted by Gasteiger charge is 2.33. The van der Waals surface area contributed by atoms with Crippen molar-refractivity contribution in [3.05, 3.63) is 34.9 Å². The van der Waals surface area contributed by atoms with Gasteiger partial charge in [0.15, 0.2) is 0 Å². The average Bonchev–Trinajstić information content (AvgIpc) is 2.44. The summed E-state index contributed by atoms with van der Waals surface area (Å²) in [6, 6.07) is 7.97. The van der Waals surface area contributed by atoms with Crippen molar-refractivity contribution in [1.82, 2.24) is 5.32 Å². The SMILES string of the molecule is CC(C)(C)NCC1(OCc2cccc(Cl)c2)CCCCC1. The first-order valence-electron chi connectivity index (χ1n) is 8.02. The van der Waals surface area contributed by atoms with Crippen molar-refractivity contribution in [1.29, 1.82) is 0 Å². The zero-order valence-electron chi connectivity index (χ0n) is 13.5. The molecule has 0 atom stereocenters. The van der Waals surface area contributed by atoms with Gasteiger partial charge in [-0.05, 0) is 51.3 Å². The number of benzene rings is 1. The van der Waals surface area contributed by atoms with Crippen molar-refractivity contribution in [2.75, 3.05) is 6.54 Å². The summed E-state index contributed by atoms with van der Waals surface area (Å²) in [5.41, 5.74) is 1.26. The lowest BCUT2D eigenvalue weighted by molar-refractivity contribution is -0.0812. The van der Waals surface area contributed by atoms with E-state index in [1.165, 1.54) is 19.3 Å². The Balaban J connectivity index is 1.98. The molecule has 1 aliphatic rings. The summed E-state index contributed by atoms with van der Waals surface area (Å²) in [5, 5.41) is 4.41. The maximum atomic E-state index is 6.39. The molecular formula is C18H28ClNO. The van der Waals surface area contributed by atoms with Crippen molar-refractivity contribution in [2.24, 2.45) is 0 Å². The monoisotopic (exact) mass is 309 g/mol. The third-order valence-corrected chi connectivity index (χ3v) is 4.37. The van der Waals surface area contributed by atoms with Crippen molar-refractivity contribution >= 4 is 11.6 Å². The van der Waals surface area contributed by atoms with Crippen molar-refractivity contribution in [3.8, 4) is 0 Å². The van der Waals surface area contributed by atoms with Crippen molar-refractivity contribution < 1.29 is 4.74 Å². The zero-order chi connectivity index (χ0) is 15.3. The number of halogens is 1. The minimum absolute atomic E-state index is 0.0200. The van der Waals surface area contributed by atoms with Crippen LogP contribution in [-0.2, 0) is 11.3 Å². The van der Waals surface area contributed by atoms with Gasteiger partial charge in [0.05, 0.1) is 12.2 Å². The van der Waals surface area contributed by atoms with E-state index < -0.39 is 0 Å². The molecule has 1 aromatic carbocycles. The lowest BCUT2D eigenvalue weighted by Crippen LogP contribution is -2.50. The predicted molar refractivity (Wildman–Crippen MR) is 89.8 cm³/mol. The summed E-state index contributed by atoms with van der Waals surface area (Å²) in [7, 11) is 0. The van der Waals surface area contributed by atoms with Crippen molar-refractivity contribution in [3.63, 3.8) is 0 Å². The van der Waals surface area contributed by atoms with E-state index in [1.54, 1.807) is 0 Å². The molecule has 0 aromatic heterocycles. The lowest BCUT2D eigenvalue weighted by Gasteiger charge is -2.39. The predicted octanol–water partition coefficient (Wildman–Crippen LogP) is 4.95. The maximum Gasteiger partial charge on any atom is 0.0811 e. The molecule has 1 saturated carbocycles. The number of nitrogens with one attached hydrogen (secondary N) is 1. The minimum Gasteiger partial charge on any atom is -0.369 e. The Hall–Kier alpha value is -0.570. The molecule has 0 radical (unpaired) electrons. The number of hydrogen-bond donors (Lipinski definition) is 1. The molecule has 0 bridgehead atoms. The van der Waals surface area contributed by atoms with Crippen LogP contribution < -0.4 is 5.32 Å². The molecule has 3 heteroatoms. The minimum atomic E-state index is -0.0200. The Labute approximate surface area is 134 Å². The van der Waals surface area contributed by atoms with E-state index in [1.807, 2.05) is 18.2 Å². The van der Waals surface area contributed by atoms with Gasteiger partial charge in [0.2, 0.25) is 0 Å². The number of ether oxygens (including phenoxy) is 1. The Morgan fingerprint density at radius 3 is 2.52 bits per heavy atom. The average molecular weight is 310 g/mol. The fourth-order valence-corrected chi connectivity index (χ4v) is 3.07. The van der Waals surface area contributed by atoms with Crippen LogP contribution >= 0.6 is 11.6 Å². The standard InChI is InChI=1S/C18H28ClNO/c1-17(2,3)20-14-18(10-5-4-6-11-18)21-13-15-8-7-9-16(19)12-15/h7-9,12,20H,4-6,10-11,13-14H2,1-3H3. The van der Waals surface area contributed by atoms with Gasteiger partial charge in [-0.1, -0.05) is 43.0 Å².